The van der Waals surface area contributed by atoms with Crippen LogP contribution in [0.15, 0.2) is 16.8 Å². The monoisotopic (exact) mass is 542 g/mol. The summed E-state index contributed by atoms with van der Waals surface area (Å²) in [5.74, 6) is 0.599. The maximum atomic E-state index is 12.5. The number of carbonyl (C=O) groups is 3. The van der Waals surface area contributed by atoms with E-state index < -0.39 is 11.6 Å². The van der Waals surface area contributed by atoms with Crippen LogP contribution in [0.1, 0.15) is 97.8 Å². The molecule has 216 valence electrons. The maximum Gasteiger partial charge on any atom is 0.306 e. The molecule has 0 aromatic carbocycles. The van der Waals surface area contributed by atoms with Crippen molar-refractivity contribution in [3.8, 4) is 0 Å². The van der Waals surface area contributed by atoms with Crippen LogP contribution in [0, 0.1) is 40.4 Å². The number of rotatable bonds is 7. The van der Waals surface area contributed by atoms with Gasteiger partial charge in [-0.3, -0.25) is 14.4 Å². The molecular weight excluding hydrogens is 496 g/mol. The lowest BCUT2D eigenvalue weighted by atomic mass is 9.46. The second kappa shape index (κ2) is 10.6. The molecule has 5 rings (SSSR count). The van der Waals surface area contributed by atoms with Crippen molar-refractivity contribution in [3.63, 3.8) is 0 Å². The first-order chi connectivity index (χ1) is 18.5. The zero-order valence-electron chi connectivity index (χ0n) is 23.8. The van der Waals surface area contributed by atoms with Gasteiger partial charge in [-0.1, -0.05) is 24.6 Å². The van der Waals surface area contributed by atoms with Crippen molar-refractivity contribution >= 4 is 23.4 Å². The Kier molecular flexibility index (Phi) is 7.72. The Bertz CT molecular complexity index is 1060. The highest BCUT2D eigenvalue weighted by Gasteiger charge is 2.65. The third kappa shape index (κ3) is 4.95. The number of nitrogens with zero attached hydrogens (tertiary/aromatic N) is 1. The van der Waals surface area contributed by atoms with Gasteiger partial charge in [-0.05, 0) is 119 Å². The molecule has 0 aromatic rings. The molecule has 8 heteroatoms. The Labute approximate surface area is 232 Å². The van der Waals surface area contributed by atoms with Crippen LogP contribution < -0.4 is 5.32 Å². The van der Waals surface area contributed by atoms with Gasteiger partial charge in [0, 0.05) is 12.0 Å². The molecule has 3 N–H and O–H groups in total. The third-order valence-electron chi connectivity index (χ3n) is 11.9. The van der Waals surface area contributed by atoms with Crippen molar-refractivity contribution in [1.29, 1.82) is 0 Å². The van der Waals surface area contributed by atoms with Crippen LogP contribution in [0.4, 0.5) is 0 Å². The van der Waals surface area contributed by atoms with E-state index in [1.54, 1.807) is 6.92 Å². The van der Waals surface area contributed by atoms with Crippen LogP contribution >= 0.6 is 0 Å². The van der Waals surface area contributed by atoms with Gasteiger partial charge < -0.3 is 20.4 Å². The topological polar surface area (TPSA) is 125 Å². The summed E-state index contributed by atoms with van der Waals surface area (Å²) in [5, 5.41) is 27.7. The van der Waals surface area contributed by atoms with Crippen molar-refractivity contribution in [1.82, 2.24) is 5.32 Å². The normalized spacial score (nSPS) is 42.5. The van der Waals surface area contributed by atoms with Crippen molar-refractivity contribution < 1.29 is 29.4 Å². The third-order valence-corrected chi connectivity index (χ3v) is 11.9. The SMILES string of the molecule is CC(=O)[C@@]1(O)CCC2C3CCC4=C/C(=N\OCC(=O)NCC5CCC(C(=O)O)CC5)CC[C@]4(C)C3CC[C@@]21C. The Hall–Kier alpha value is -2.22. The van der Waals surface area contributed by atoms with Gasteiger partial charge in [0.05, 0.1) is 11.6 Å². The molecule has 5 aliphatic carbocycles. The molecule has 0 heterocycles. The fourth-order valence-electron chi connectivity index (χ4n) is 9.33. The number of oxime groups is 1. The molecule has 3 unspecified atom stereocenters. The van der Waals surface area contributed by atoms with Crippen molar-refractivity contribution in [2.24, 2.45) is 45.6 Å². The molecule has 1 amide bonds. The number of carboxylic acid groups (broad SMARTS) is 1. The van der Waals surface area contributed by atoms with Crippen LogP contribution in [0.25, 0.3) is 0 Å². The Morgan fingerprint density at radius 3 is 2.41 bits per heavy atom. The van der Waals surface area contributed by atoms with E-state index in [-0.39, 0.29) is 35.0 Å². The first kappa shape index (κ1) is 28.3. The molecule has 0 radical (unpaired) electrons. The van der Waals surface area contributed by atoms with Crippen LogP contribution in [0.2, 0.25) is 0 Å². The fraction of sp³-hybridized carbons (Fsp3) is 0.806. The number of ketones is 1. The van der Waals surface area contributed by atoms with Gasteiger partial charge in [-0.25, -0.2) is 0 Å². The Morgan fingerprint density at radius 2 is 1.72 bits per heavy atom. The summed E-state index contributed by atoms with van der Waals surface area (Å²) in [5.41, 5.74) is 0.952. The summed E-state index contributed by atoms with van der Waals surface area (Å²) in [6, 6.07) is 0. The van der Waals surface area contributed by atoms with Crippen LogP contribution in [-0.2, 0) is 19.2 Å². The minimum Gasteiger partial charge on any atom is -0.481 e. The smallest absolute Gasteiger partial charge is 0.306 e. The highest BCUT2D eigenvalue weighted by molar-refractivity contribution is 5.96. The molecule has 6 atom stereocenters. The minimum atomic E-state index is -1.17. The molecule has 5 aliphatic rings. The highest BCUT2D eigenvalue weighted by atomic mass is 16.6. The van der Waals surface area contributed by atoms with Gasteiger partial charge in [-0.15, -0.1) is 0 Å². The van der Waals surface area contributed by atoms with E-state index >= 15 is 0 Å². The Morgan fingerprint density at radius 1 is 1.00 bits per heavy atom. The zero-order chi connectivity index (χ0) is 28.0. The number of hydrogen-bond acceptors (Lipinski definition) is 6. The lowest BCUT2D eigenvalue weighted by Crippen LogP contribution is -2.57. The van der Waals surface area contributed by atoms with E-state index in [0.29, 0.717) is 49.5 Å². The van der Waals surface area contributed by atoms with E-state index in [1.165, 1.54) is 5.57 Å². The van der Waals surface area contributed by atoms with Gasteiger partial charge in [0.15, 0.2) is 12.4 Å². The number of nitrogens with one attached hydrogen (secondary N) is 1. The predicted molar refractivity (Wildman–Crippen MR) is 147 cm³/mol. The standard InChI is InChI=1S/C31H46N2O6/c1-19(34)31(38)15-12-26-24-9-8-22-16-23(10-13-29(22,2)25(24)11-14-30(26,31)3)33-39-18-27(35)32-17-20-4-6-21(7-5-20)28(36)37/h16,20-21,24-26,38H,4-15,17-18H2,1-3H3,(H,32,35)(H,36,37)/b33-23-/t20?,21?,24?,25?,26?,29-,30-,31-/m0/s1. The van der Waals surface area contributed by atoms with Crippen molar-refractivity contribution in [3.05, 3.63) is 11.6 Å². The number of aliphatic carboxylic acids is 1. The first-order valence-corrected chi connectivity index (χ1v) is 15.1. The van der Waals surface area contributed by atoms with E-state index in [0.717, 1.165) is 63.5 Å². The molecule has 0 bridgehead atoms. The summed E-state index contributed by atoms with van der Waals surface area (Å²) >= 11 is 0. The number of allylic oxidation sites excluding steroid dienone is 2. The average molecular weight is 543 g/mol. The summed E-state index contributed by atoms with van der Waals surface area (Å²) in [6.07, 6.45) is 12.6. The summed E-state index contributed by atoms with van der Waals surface area (Å²) in [4.78, 5) is 41.3. The van der Waals surface area contributed by atoms with E-state index in [4.69, 9.17) is 9.94 Å². The van der Waals surface area contributed by atoms with Crippen molar-refractivity contribution in [2.75, 3.05) is 13.2 Å². The van der Waals surface area contributed by atoms with E-state index in [2.05, 4.69) is 30.4 Å². The first-order valence-electron chi connectivity index (χ1n) is 15.1. The summed E-state index contributed by atoms with van der Waals surface area (Å²) < 4.78 is 0. The number of carbonyl (C=O) groups excluding carboxylic acids is 2. The number of carboxylic acids is 1. The second-order valence-electron chi connectivity index (χ2n) is 13.6. The van der Waals surface area contributed by atoms with Crippen LogP contribution in [0.5, 0.6) is 0 Å². The lowest BCUT2D eigenvalue weighted by molar-refractivity contribution is -0.159. The fourth-order valence-corrected chi connectivity index (χ4v) is 9.33. The summed E-state index contributed by atoms with van der Waals surface area (Å²) in [7, 11) is 0. The second-order valence-corrected chi connectivity index (χ2v) is 13.6. The van der Waals surface area contributed by atoms with Crippen LogP contribution in [0.3, 0.4) is 0 Å². The molecular formula is C31H46N2O6. The Balaban J connectivity index is 1.14. The van der Waals surface area contributed by atoms with Gasteiger partial charge in [0.25, 0.3) is 5.91 Å². The summed E-state index contributed by atoms with van der Waals surface area (Å²) in [6.45, 7) is 6.57. The quantitative estimate of drug-likeness (QED) is 0.402. The molecule has 0 spiro atoms. The zero-order valence-corrected chi connectivity index (χ0v) is 23.8. The van der Waals surface area contributed by atoms with Crippen molar-refractivity contribution in [2.45, 2.75) is 103 Å². The number of Topliss-reactive ketones (excluding diaryl/α,β-unsaturated/α-hetero) is 1. The predicted octanol–water partition coefficient (Wildman–Crippen LogP) is 4.65. The molecule has 39 heavy (non-hydrogen) atoms. The minimum absolute atomic E-state index is 0.0661. The number of hydrogen-bond donors (Lipinski definition) is 3. The van der Waals surface area contributed by atoms with E-state index in [9.17, 15) is 19.5 Å². The molecule has 0 saturated heterocycles. The number of amides is 1. The maximum absolute atomic E-state index is 12.5. The molecule has 8 nitrogen and oxygen atoms in total. The van der Waals surface area contributed by atoms with Gasteiger partial charge in [0.1, 0.15) is 5.60 Å². The molecule has 4 fully saturated rings. The largest absolute Gasteiger partial charge is 0.481 e. The molecule has 0 aromatic heterocycles. The van der Waals surface area contributed by atoms with E-state index in [1.807, 2.05) is 0 Å². The number of fused-ring (bicyclic) bond motifs is 5. The van der Waals surface area contributed by atoms with Crippen LogP contribution in [-0.4, -0.2) is 52.3 Å². The van der Waals surface area contributed by atoms with Gasteiger partial charge >= 0.3 is 5.97 Å². The van der Waals surface area contributed by atoms with Gasteiger partial charge in [-0.2, -0.15) is 0 Å². The van der Waals surface area contributed by atoms with Gasteiger partial charge in [0.2, 0.25) is 0 Å². The number of aliphatic hydroxyl groups is 1. The average Bonchev–Trinajstić information content (AvgIpc) is 3.19. The highest BCUT2D eigenvalue weighted by Crippen LogP contribution is 2.67. The molecule has 0 aliphatic heterocycles. The molecule has 4 saturated carbocycles. The lowest BCUT2D eigenvalue weighted by Gasteiger charge is -2.59.